The summed E-state index contributed by atoms with van der Waals surface area (Å²) in [5.74, 6) is -0.462. The van der Waals surface area contributed by atoms with Gasteiger partial charge in [-0.2, -0.15) is 4.31 Å². The highest BCUT2D eigenvalue weighted by atomic mass is 32.2. The molecule has 2 fully saturated rings. The van der Waals surface area contributed by atoms with Crippen molar-refractivity contribution in [1.82, 2.24) is 9.62 Å². The maximum absolute atomic E-state index is 12.8. The molecule has 2 aliphatic rings. The predicted octanol–water partition coefficient (Wildman–Crippen LogP) is 0.927. The van der Waals surface area contributed by atoms with Gasteiger partial charge in [0.1, 0.15) is 0 Å². The Morgan fingerprint density at radius 1 is 1.27 bits per heavy atom. The van der Waals surface area contributed by atoms with Crippen molar-refractivity contribution in [2.45, 2.75) is 30.8 Å². The average Bonchev–Trinajstić information content (AvgIpc) is 2.67. The van der Waals surface area contributed by atoms with E-state index in [9.17, 15) is 13.2 Å². The lowest BCUT2D eigenvalue weighted by Gasteiger charge is -2.31. The quantitative estimate of drug-likeness (QED) is 0.819. The van der Waals surface area contributed by atoms with E-state index in [1.165, 1.54) is 4.31 Å². The minimum absolute atomic E-state index is 0.122. The Hall–Kier alpha value is -1.48. The zero-order valence-corrected chi connectivity index (χ0v) is 15.8. The summed E-state index contributed by atoms with van der Waals surface area (Å²) in [6.07, 6.45) is 1.23. The van der Waals surface area contributed by atoms with Gasteiger partial charge in [-0.15, -0.1) is 0 Å². The van der Waals surface area contributed by atoms with Gasteiger partial charge in [0.2, 0.25) is 15.9 Å². The standard InChI is InChI=1S/C18H26N2O5S/c1-14-4-6-17(7-5-14)26(22,23)20-8-2-3-15(12-20)18(21)19-11-16-13-24-9-10-25-16/h4-7,15-16H,2-3,8-13H2,1H3,(H,19,21)/t15-,16-/m1/s1. The van der Waals surface area contributed by atoms with Crippen LogP contribution in [0.5, 0.6) is 0 Å². The molecule has 1 amide bonds. The number of nitrogens with zero attached hydrogens (tertiary/aromatic N) is 1. The molecule has 0 aromatic heterocycles. The fraction of sp³-hybridized carbons (Fsp3) is 0.611. The number of rotatable bonds is 5. The Labute approximate surface area is 154 Å². The van der Waals surface area contributed by atoms with Crippen LogP contribution in [0.2, 0.25) is 0 Å². The van der Waals surface area contributed by atoms with Crippen molar-refractivity contribution in [3.05, 3.63) is 29.8 Å². The number of ether oxygens (including phenoxy) is 2. The number of hydrogen-bond acceptors (Lipinski definition) is 5. The molecule has 3 rings (SSSR count). The molecule has 1 N–H and O–H groups in total. The van der Waals surface area contributed by atoms with Crippen LogP contribution in [0.4, 0.5) is 0 Å². The highest BCUT2D eigenvalue weighted by molar-refractivity contribution is 7.89. The number of piperidine rings is 1. The maximum Gasteiger partial charge on any atom is 0.243 e. The summed E-state index contributed by atoms with van der Waals surface area (Å²) in [7, 11) is -3.57. The molecule has 8 heteroatoms. The lowest BCUT2D eigenvalue weighted by atomic mass is 9.99. The molecule has 0 spiro atoms. The SMILES string of the molecule is Cc1ccc(S(=O)(=O)N2CCC[C@@H](C(=O)NC[C@@H]3COCCO3)C2)cc1. The molecule has 2 atom stereocenters. The van der Waals surface area contributed by atoms with Crippen molar-refractivity contribution >= 4 is 15.9 Å². The summed E-state index contributed by atoms with van der Waals surface area (Å²) in [6, 6.07) is 6.81. The highest BCUT2D eigenvalue weighted by Gasteiger charge is 2.33. The number of aryl methyl sites for hydroxylation is 1. The minimum Gasteiger partial charge on any atom is -0.376 e. The van der Waals surface area contributed by atoms with E-state index in [0.29, 0.717) is 45.8 Å². The van der Waals surface area contributed by atoms with Crippen LogP contribution in [-0.2, 0) is 24.3 Å². The molecule has 2 saturated heterocycles. The fourth-order valence-corrected chi connectivity index (χ4v) is 4.77. The molecule has 0 aliphatic carbocycles. The number of carbonyl (C=O) groups excluding carboxylic acids is 1. The summed E-state index contributed by atoms with van der Waals surface area (Å²) in [5.41, 5.74) is 1.01. The number of sulfonamides is 1. The molecule has 1 aromatic carbocycles. The summed E-state index contributed by atoms with van der Waals surface area (Å²) in [6.45, 7) is 4.55. The third kappa shape index (κ3) is 4.62. The Kier molecular flexibility index (Phi) is 6.29. The first-order chi connectivity index (χ1) is 12.5. The van der Waals surface area contributed by atoms with Gasteiger partial charge in [-0.1, -0.05) is 17.7 Å². The van der Waals surface area contributed by atoms with Gasteiger partial charge in [-0.25, -0.2) is 8.42 Å². The first-order valence-electron chi connectivity index (χ1n) is 9.00. The van der Waals surface area contributed by atoms with E-state index in [2.05, 4.69) is 5.32 Å². The van der Waals surface area contributed by atoms with Crippen LogP contribution in [0.15, 0.2) is 29.2 Å². The number of amides is 1. The van der Waals surface area contributed by atoms with Crippen molar-refractivity contribution in [3.63, 3.8) is 0 Å². The van der Waals surface area contributed by atoms with E-state index in [0.717, 1.165) is 5.56 Å². The Balaban J connectivity index is 1.59. The van der Waals surface area contributed by atoms with Crippen LogP contribution in [-0.4, -0.2) is 64.2 Å². The Bertz CT molecular complexity index is 714. The summed E-state index contributed by atoms with van der Waals surface area (Å²) in [4.78, 5) is 12.7. The molecule has 0 unspecified atom stereocenters. The van der Waals surface area contributed by atoms with Gasteiger partial charge in [0, 0.05) is 19.6 Å². The predicted molar refractivity (Wildman–Crippen MR) is 96.2 cm³/mol. The van der Waals surface area contributed by atoms with E-state index in [1.807, 2.05) is 6.92 Å². The molecule has 0 bridgehead atoms. The Morgan fingerprint density at radius 2 is 2.04 bits per heavy atom. The van der Waals surface area contributed by atoms with Crippen LogP contribution in [0.3, 0.4) is 0 Å². The van der Waals surface area contributed by atoms with E-state index in [4.69, 9.17) is 9.47 Å². The number of carbonyl (C=O) groups is 1. The van der Waals surface area contributed by atoms with Crippen molar-refractivity contribution in [2.24, 2.45) is 5.92 Å². The van der Waals surface area contributed by atoms with Crippen molar-refractivity contribution in [1.29, 1.82) is 0 Å². The molecule has 0 radical (unpaired) electrons. The molecule has 144 valence electrons. The van der Waals surface area contributed by atoms with Crippen LogP contribution in [0.25, 0.3) is 0 Å². The summed E-state index contributed by atoms with van der Waals surface area (Å²) in [5, 5.41) is 2.88. The van der Waals surface area contributed by atoms with Crippen LogP contribution < -0.4 is 5.32 Å². The second-order valence-corrected chi connectivity index (χ2v) is 8.77. The molecular weight excluding hydrogens is 356 g/mol. The lowest BCUT2D eigenvalue weighted by Crippen LogP contribution is -2.47. The topological polar surface area (TPSA) is 84.9 Å². The first-order valence-corrected chi connectivity index (χ1v) is 10.4. The lowest BCUT2D eigenvalue weighted by molar-refractivity contribution is -0.128. The van der Waals surface area contributed by atoms with Gasteiger partial charge in [0.15, 0.2) is 0 Å². The molecule has 7 nitrogen and oxygen atoms in total. The van der Waals surface area contributed by atoms with Gasteiger partial charge >= 0.3 is 0 Å². The summed E-state index contributed by atoms with van der Waals surface area (Å²) >= 11 is 0. The maximum atomic E-state index is 12.8. The molecule has 26 heavy (non-hydrogen) atoms. The first kappa shape index (κ1) is 19.3. The molecular formula is C18H26N2O5S. The monoisotopic (exact) mass is 382 g/mol. The van der Waals surface area contributed by atoms with Crippen molar-refractivity contribution in [2.75, 3.05) is 39.5 Å². The number of benzene rings is 1. The highest BCUT2D eigenvalue weighted by Crippen LogP contribution is 2.24. The number of nitrogens with one attached hydrogen (secondary N) is 1. The third-order valence-corrected chi connectivity index (χ3v) is 6.68. The normalized spacial score (nSPS) is 25.0. The van der Waals surface area contributed by atoms with Crippen molar-refractivity contribution < 1.29 is 22.7 Å². The zero-order valence-electron chi connectivity index (χ0n) is 15.0. The van der Waals surface area contributed by atoms with Crippen molar-refractivity contribution in [3.8, 4) is 0 Å². The van der Waals surface area contributed by atoms with E-state index >= 15 is 0 Å². The third-order valence-electron chi connectivity index (χ3n) is 4.80. The van der Waals surface area contributed by atoms with Gasteiger partial charge in [0.05, 0.1) is 36.7 Å². The van der Waals surface area contributed by atoms with Crippen LogP contribution >= 0.6 is 0 Å². The number of hydrogen-bond donors (Lipinski definition) is 1. The molecule has 2 heterocycles. The molecule has 1 aromatic rings. The largest absolute Gasteiger partial charge is 0.376 e. The van der Waals surface area contributed by atoms with E-state index in [-0.39, 0.29) is 29.4 Å². The second kappa shape index (κ2) is 8.47. The van der Waals surface area contributed by atoms with E-state index in [1.54, 1.807) is 24.3 Å². The molecule has 0 saturated carbocycles. The van der Waals surface area contributed by atoms with E-state index < -0.39 is 10.0 Å². The van der Waals surface area contributed by atoms with Gasteiger partial charge in [-0.3, -0.25) is 4.79 Å². The van der Waals surface area contributed by atoms with Crippen LogP contribution in [0, 0.1) is 12.8 Å². The van der Waals surface area contributed by atoms with Gasteiger partial charge < -0.3 is 14.8 Å². The van der Waals surface area contributed by atoms with Gasteiger partial charge in [-0.05, 0) is 31.9 Å². The summed E-state index contributed by atoms with van der Waals surface area (Å²) < 4.78 is 37.9. The van der Waals surface area contributed by atoms with Gasteiger partial charge in [0.25, 0.3) is 0 Å². The smallest absolute Gasteiger partial charge is 0.243 e. The Morgan fingerprint density at radius 3 is 2.73 bits per heavy atom. The zero-order chi connectivity index (χ0) is 18.6. The molecule has 2 aliphatic heterocycles. The minimum atomic E-state index is -3.57. The second-order valence-electron chi connectivity index (χ2n) is 6.83. The fourth-order valence-electron chi connectivity index (χ4n) is 3.25. The van der Waals surface area contributed by atoms with Crippen LogP contribution in [0.1, 0.15) is 18.4 Å². The average molecular weight is 382 g/mol.